The molecule has 1 aromatic rings. The van der Waals surface area contributed by atoms with Crippen molar-refractivity contribution >= 4 is 0 Å². The Kier molecular flexibility index (Phi) is 4.36. The van der Waals surface area contributed by atoms with Gasteiger partial charge in [0, 0.05) is 24.8 Å². The number of hydrogen-bond donors (Lipinski definition) is 1. The molecule has 1 N–H and O–H groups in total. The highest BCUT2D eigenvalue weighted by Gasteiger charge is 2.24. The summed E-state index contributed by atoms with van der Waals surface area (Å²) in [7, 11) is 1.90. The first-order valence-electron chi connectivity index (χ1n) is 6.63. The minimum atomic E-state index is -0.0919. The second-order valence-corrected chi connectivity index (χ2v) is 5.28. The van der Waals surface area contributed by atoms with Crippen LogP contribution < -0.4 is 5.32 Å². The number of halogens is 1. The molecule has 1 heterocycles. The van der Waals surface area contributed by atoms with Gasteiger partial charge in [-0.2, -0.15) is 0 Å². The lowest BCUT2D eigenvalue weighted by Crippen LogP contribution is -2.22. The third kappa shape index (κ3) is 2.90. The van der Waals surface area contributed by atoms with Gasteiger partial charge >= 0.3 is 0 Å². The van der Waals surface area contributed by atoms with E-state index < -0.39 is 0 Å². The molecule has 2 rings (SSSR count). The molecule has 1 saturated heterocycles. The lowest BCUT2D eigenvalue weighted by molar-refractivity contribution is 0.181. The van der Waals surface area contributed by atoms with Gasteiger partial charge < -0.3 is 10.1 Å². The van der Waals surface area contributed by atoms with Gasteiger partial charge in [-0.3, -0.25) is 0 Å². The summed E-state index contributed by atoms with van der Waals surface area (Å²) in [6.07, 6.45) is 2.03. The van der Waals surface area contributed by atoms with Gasteiger partial charge in [0.1, 0.15) is 5.82 Å². The molecule has 1 aliphatic rings. The van der Waals surface area contributed by atoms with Gasteiger partial charge in [0.25, 0.3) is 0 Å². The topological polar surface area (TPSA) is 21.3 Å². The van der Waals surface area contributed by atoms with E-state index in [0.717, 1.165) is 42.7 Å². The lowest BCUT2D eigenvalue weighted by atomic mass is 9.90. The van der Waals surface area contributed by atoms with Crippen LogP contribution in [0, 0.1) is 25.6 Å². The summed E-state index contributed by atoms with van der Waals surface area (Å²) in [6.45, 7) is 5.57. The highest BCUT2D eigenvalue weighted by Crippen LogP contribution is 2.30. The molecule has 100 valence electrons. The zero-order chi connectivity index (χ0) is 13.1. The van der Waals surface area contributed by atoms with Gasteiger partial charge in [0.15, 0.2) is 0 Å². The fourth-order valence-corrected chi connectivity index (χ4v) is 2.85. The van der Waals surface area contributed by atoms with Crippen molar-refractivity contribution in [1.29, 1.82) is 0 Å². The molecule has 3 heteroatoms. The van der Waals surface area contributed by atoms with Crippen LogP contribution in [0.5, 0.6) is 0 Å². The van der Waals surface area contributed by atoms with E-state index in [2.05, 4.69) is 5.32 Å². The predicted octanol–water partition coefficient (Wildman–Crippen LogP) is 3.13. The fraction of sp³-hybridized carbons (Fsp3) is 0.600. The minimum absolute atomic E-state index is 0.0808. The summed E-state index contributed by atoms with van der Waals surface area (Å²) in [5, 5.41) is 3.25. The SMILES string of the molecule is CNC(CC1CCOC1)c1c(C)cc(C)cc1F. The molecule has 0 bridgehead atoms. The number of rotatable bonds is 4. The molecule has 0 radical (unpaired) electrons. The monoisotopic (exact) mass is 251 g/mol. The van der Waals surface area contributed by atoms with Crippen LogP contribution in [0.1, 0.15) is 35.6 Å². The Morgan fingerprint density at radius 2 is 2.22 bits per heavy atom. The maximum atomic E-state index is 14.2. The fourth-order valence-electron chi connectivity index (χ4n) is 2.85. The Hall–Kier alpha value is -0.930. The first-order chi connectivity index (χ1) is 8.61. The molecule has 2 unspecified atom stereocenters. The number of aryl methyl sites for hydroxylation is 2. The summed E-state index contributed by atoms with van der Waals surface area (Å²) < 4.78 is 19.5. The average Bonchev–Trinajstić information content (AvgIpc) is 2.79. The molecular weight excluding hydrogens is 229 g/mol. The van der Waals surface area contributed by atoms with Crippen LogP contribution in [0.25, 0.3) is 0 Å². The van der Waals surface area contributed by atoms with E-state index in [1.54, 1.807) is 6.07 Å². The van der Waals surface area contributed by atoms with Crippen molar-refractivity contribution in [2.75, 3.05) is 20.3 Å². The predicted molar refractivity (Wildman–Crippen MR) is 71.2 cm³/mol. The maximum Gasteiger partial charge on any atom is 0.128 e. The first kappa shape index (κ1) is 13.5. The normalized spacial score (nSPS) is 21.2. The van der Waals surface area contributed by atoms with Crippen LogP contribution in [0.3, 0.4) is 0 Å². The maximum absolute atomic E-state index is 14.2. The smallest absolute Gasteiger partial charge is 0.128 e. The van der Waals surface area contributed by atoms with Gasteiger partial charge in [0.2, 0.25) is 0 Å². The second-order valence-electron chi connectivity index (χ2n) is 5.28. The van der Waals surface area contributed by atoms with Crippen molar-refractivity contribution in [3.05, 3.63) is 34.6 Å². The Morgan fingerprint density at radius 3 is 2.78 bits per heavy atom. The Labute approximate surface area is 109 Å². The van der Waals surface area contributed by atoms with Gasteiger partial charge in [-0.15, -0.1) is 0 Å². The molecular formula is C15H22FNO. The van der Waals surface area contributed by atoms with E-state index in [9.17, 15) is 4.39 Å². The summed E-state index contributed by atoms with van der Waals surface area (Å²) in [5.74, 6) is 0.452. The van der Waals surface area contributed by atoms with Crippen molar-refractivity contribution in [2.45, 2.75) is 32.7 Å². The highest BCUT2D eigenvalue weighted by atomic mass is 19.1. The molecule has 2 nitrogen and oxygen atoms in total. The molecule has 2 atom stereocenters. The third-order valence-electron chi connectivity index (χ3n) is 3.77. The third-order valence-corrected chi connectivity index (χ3v) is 3.77. The largest absolute Gasteiger partial charge is 0.381 e. The van der Waals surface area contributed by atoms with Crippen molar-refractivity contribution in [3.8, 4) is 0 Å². The van der Waals surface area contributed by atoms with Crippen molar-refractivity contribution in [2.24, 2.45) is 5.92 Å². The van der Waals surface area contributed by atoms with Crippen LogP contribution in [0.4, 0.5) is 4.39 Å². The van der Waals surface area contributed by atoms with Gasteiger partial charge in [-0.25, -0.2) is 4.39 Å². The van der Waals surface area contributed by atoms with E-state index in [0.29, 0.717) is 5.92 Å². The standard InChI is InChI=1S/C15H22FNO/c1-10-6-11(2)15(13(16)7-10)14(17-3)8-12-4-5-18-9-12/h6-7,12,14,17H,4-5,8-9H2,1-3H3. The van der Waals surface area contributed by atoms with Crippen molar-refractivity contribution in [1.82, 2.24) is 5.32 Å². The number of nitrogens with one attached hydrogen (secondary N) is 1. The van der Waals surface area contributed by atoms with Crippen LogP contribution in [0.15, 0.2) is 12.1 Å². The van der Waals surface area contributed by atoms with Gasteiger partial charge in [-0.1, -0.05) is 6.07 Å². The van der Waals surface area contributed by atoms with Gasteiger partial charge in [-0.05, 0) is 56.8 Å². The van der Waals surface area contributed by atoms with Crippen LogP contribution in [0.2, 0.25) is 0 Å². The molecule has 0 aliphatic carbocycles. The number of hydrogen-bond acceptors (Lipinski definition) is 2. The van der Waals surface area contributed by atoms with E-state index in [1.807, 2.05) is 27.0 Å². The molecule has 1 aromatic carbocycles. The quantitative estimate of drug-likeness (QED) is 0.887. The van der Waals surface area contributed by atoms with E-state index in [1.165, 1.54) is 0 Å². The zero-order valence-electron chi connectivity index (χ0n) is 11.4. The second kappa shape index (κ2) is 5.81. The molecule has 0 amide bonds. The van der Waals surface area contributed by atoms with Crippen LogP contribution in [-0.4, -0.2) is 20.3 Å². The Bertz CT molecular complexity index is 390. The van der Waals surface area contributed by atoms with Crippen LogP contribution in [-0.2, 0) is 4.74 Å². The molecule has 1 fully saturated rings. The zero-order valence-corrected chi connectivity index (χ0v) is 11.4. The molecule has 1 aliphatic heterocycles. The lowest BCUT2D eigenvalue weighted by Gasteiger charge is -2.22. The highest BCUT2D eigenvalue weighted by molar-refractivity contribution is 5.34. The summed E-state index contributed by atoms with van der Waals surface area (Å²) in [4.78, 5) is 0. The van der Waals surface area contributed by atoms with E-state index in [-0.39, 0.29) is 11.9 Å². The summed E-state index contributed by atoms with van der Waals surface area (Å²) >= 11 is 0. The van der Waals surface area contributed by atoms with Crippen molar-refractivity contribution in [3.63, 3.8) is 0 Å². The molecule has 0 aromatic heterocycles. The molecule has 18 heavy (non-hydrogen) atoms. The summed E-state index contributed by atoms with van der Waals surface area (Å²) in [6, 6.07) is 3.75. The van der Waals surface area contributed by atoms with Crippen LogP contribution >= 0.6 is 0 Å². The summed E-state index contributed by atoms with van der Waals surface area (Å²) in [5.41, 5.74) is 2.83. The van der Waals surface area contributed by atoms with Gasteiger partial charge in [0.05, 0.1) is 0 Å². The number of benzene rings is 1. The average molecular weight is 251 g/mol. The Balaban J connectivity index is 2.21. The molecule has 0 saturated carbocycles. The van der Waals surface area contributed by atoms with E-state index in [4.69, 9.17) is 4.74 Å². The minimum Gasteiger partial charge on any atom is -0.381 e. The van der Waals surface area contributed by atoms with Crippen molar-refractivity contribution < 1.29 is 9.13 Å². The molecule has 0 spiro atoms. The Morgan fingerprint density at radius 1 is 1.44 bits per heavy atom. The van der Waals surface area contributed by atoms with E-state index >= 15 is 0 Å². The number of ether oxygens (including phenoxy) is 1. The first-order valence-corrected chi connectivity index (χ1v) is 6.63.